The van der Waals surface area contributed by atoms with Crippen LogP contribution in [0, 0.1) is 5.92 Å². The summed E-state index contributed by atoms with van der Waals surface area (Å²) in [5.41, 5.74) is 0. The molecular formula is C13H28N2O. The Bertz CT molecular complexity index is 173. The summed E-state index contributed by atoms with van der Waals surface area (Å²) in [6.45, 7) is 13.2. The van der Waals surface area contributed by atoms with E-state index in [9.17, 15) is 0 Å². The van der Waals surface area contributed by atoms with Gasteiger partial charge in [0.2, 0.25) is 0 Å². The van der Waals surface area contributed by atoms with Gasteiger partial charge in [-0.3, -0.25) is 4.90 Å². The van der Waals surface area contributed by atoms with E-state index in [-0.39, 0.29) is 0 Å². The highest BCUT2D eigenvalue weighted by Gasteiger charge is 2.20. The fraction of sp³-hybridized carbons (Fsp3) is 1.00. The highest BCUT2D eigenvalue weighted by Crippen LogP contribution is 2.07. The first-order valence-electron chi connectivity index (χ1n) is 6.77. The molecule has 0 aromatic rings. The van der Waals surface area contributed by atoms with Gasteiger partial charge >= 0.3 is 0 Å². The van der Waals surface area contributed by atoms with Crippen molar-refractivity contribution in [3.8, 4) is 0 Å². The van der Waals surface area contributed by atoms with Crippen molar-refractivity contribution in [2.24, 2.45) is 5.92 Å². The highest BCUT2D eigenvalue weighted by atomic mass is 16.5. The van der Waals surface area contributed by atoms with E-state index in [0.29, 0.717) is 6.04 Å². The molecule has 0 amide bonds. The molecular weight excluding hydrogens is 200 g/mol. The van der Waals surface area contributed by atoms with E-state index in [4.69, 9.17) is 4.74 Å². The molecule has 1 fully saturated rings. The number of piperazine rings is 1. The number of rotatable bonds is 7. The van der Waals surface area contributed by atoms with Crippen LogP contribution in [0.25, 0.3) is 0 Å². The van der Waals surface area contributed by atoms with Crippen molar-refractivity contribution in [1.82, 2.24) is 10.2 Å². The third kappa shape index (κ3) is 5.28. The molecule has 0 aromatic carbocycles. The first kappa shape index (κ1) is 13.9. The molecule has 0 spiro atoms. The van der Waals surface area contributed by atoms with Crippen molar-refractivity contribution in [3.63, 3.8) is 0 Å². The lowest BCUT2D eigenvalue weighted by atomic mass is 10.0. The van der Waals surface area contributed by atoms with Gasteiger partial charge in [-0.2, -0.15) is 0 Å². The lowest BCUT2D eigenvalue weighted by Crippen LogP contribution is -2.53. The lowest BCUT2D eigenvalue weighted by Gasteiger charge is -2.35. The van der Waals surface area contributed by atoms with Crippen molar-refractivity contribution in [1.29, 1.82) is 0 Å². The van der Waals surface area contributed by atoms with Crippen LogP contribution in [0.1, 0.15) is 33.6 Å². The minimum atomic E-state index is 0.657. The van der Waals surface area contributed by atoms with Crippen molar-refractivity contribution in [2.45, 2.75) is 39.7 Å². The molecule has 0 bridgehead atoms. The van der Waals surface area contributed by atoms with Crippen LogP contribution in [-0.4, -0.2) is 50.3 Å². The number of nitrogens with zero attached hydrogens (tertiary/aromatic N) is 1. The quantitative estimate of drug-likeness (QED) is 0.672. The second kappa shape index (κ2) is 8.04. The first-order chi connectivity index (χ1) is 7.74. The van der Waals surface area contributed by atoms with Gasteiger partial charge in [-0.1, -0.05) is 27.2 Å². The summed E-state index contributed by atoms with van der Waals surface area (Å²) in [5, 5.41) is 3.58. The summed E-state index contributed by atoms with van der Waals surface area (Å²) in [4.78, 5) is 2.52. The molecule has 1 unspecified atom stereocenters. The summed E-state index contributed by atoms with van der Waals surface area (Å²) in [6.07, 6.45) is 2.42. The van der Waals surface area contributed by atoms with Crippen molar-refractivity contribution < 1.29 is 4.74 Å². The van der Waals surface area contributed by atoms with Crippen LogP contribution < -0.4 is 5.32 Å². The Kier molecular flexibility index (Phi) is 7.01. The van der Waals surface area contributed by atoms with Gasteiger partial charge < -0.3 is 10.1 Å². The number of hydrogen-bond acceptors (Lipinski definition) is 3. The zero-order chi connectivity index (χ0) is 11.8. The Morgan fingerprint density at radius 3 is 2.88 bits per heavy atom. The van der Waals surface area contributed by atoms with Crippen LogP contribution in [0.3, 0.4) is 0 Å². The maximum absolute atomic E-state index is 5.61. The minimum absolute atomic E-state index is 0.657. The normalized spacial score (nSPS) is 22.9. The smallest absolute Gasteiger partial charge is 0.0593 e. The molecule has 0 saturated carbocycles. The highest BCUT2D eigenvalue weighted by molar-refractivity contribution is 4.80. The van der Waals surface area contributed by atoms with E-state index in [2.05, 4.69) is 31.0 Å². The van der Waals surface area contributed by atoms with Gasteiger partial charge in [0.15, 0.2) is 0 Å². The topological polar surface area (TPSA) is 24.5 Å². The van der Waals surface area contributed by atoms with Crippen LogP contribution in [0.15, 0.2) is 0 Å². The van der Waals surface area contributed by atoms with Gasteiger partial charge in [-0.05, 0) is 12.3 Å². The molecule has 96 valence electrons. The van der Waals surface area contributed by atoms with Gasteiger partial charge in [0.05, 0.1) is 6.61 Å². The maximum atomic E-state index is 5.61. The summed E-state index contributed by atoms with van der Waals surface area (Å²) < 4.78 is 5.61. The van der Waals surface area contributed by atoms with Crippen molar-refractivity contribution in [3.05, 3.63) is 0 Å². The van der Waals surface area contributed by atoms with E-state index in [1.807, 2.05) is 0 Å². The SMILES string of the molecule is CCCCOCCN1CCNC(C(C)C)C1. The lowest BCUT2D eigenvalue weighted by molar-refractivity contribution is 0.0854. The Hall–Kier alpha value is -0.120. The van der Waals surface area contributed by atoms with E-state index in [1.165, 1.54) is 25.9 Å². The second-order valence-electron chi connectivity index (χ2n) is 5.07. The molecule has 0 aliphatic carbocycles. The first-order valence-corrected chi connectivity index (χ1v) is 6.77. The summed E-state index contributed by atoms with van der Waals surface area (Å²) in [7, 11) is 0. The monoisotopic (exact) mass is 228 g/mol. The molecule has 1 saturated heterocycles. The van der Waals surface area contributed by atoms with Crippen LogP contribution in [0.4, 0.5) is 0 Å². The molecule has 0 aromatic heterocycles. The Morgan fingerprint density at radius 2 is 2.19 bits per heavy atom. The molecule has 1 heterocycles. The Labute approximate surface area is 101 Å². The predicted octanol–water partition coefficient (Wildman–Crippen LogP) is 1.73. The molecule has 1 N–H and O–H groups in total. The van der Waals surface area contributed by atoms with Crippen LogP contribution in [0.2, 0.25) is 0 Å². The standard InChI is InChI=1S/C13H28N2O/c1-4-5-9-16-10-8-15-7-6-14-13(11-15)12(2)3/h12-14H,4-11H2,1-3H3. The number of ether oxygens (including phenoxy) is 1. The van der Waals surface area contributed by atoms with E-state index >= 15 is 0 Å². The fourth-order valence-electron chi connectivity index (χ4n) is 2.03. The summed E-state index contributed by atoms with van der Waals surface area (Å²) in [6, 6.07) is 0.657. The Balaban J connectivity index is 2.07. The van der Waals surface area contributed by atoms with Gasteiger partial charge in [-0.25, -0.2) is 0 Å². The zero-order valence-electron chi connectivity index (χ0n) is 11.2. The molecule has 16 heavy (non-hydrogen) atoms. The third-order valence-electron chi connectivity index (χ3n) is 3.29. The van der Waals surface area contributed by atoms with Crippen molar-refractivity contribution >= 4 is 0 Å². The predicted molar refractivity (Wildman–Crippen MR) is 68.8 cm³/mol. The van der Waals surface area contributed by atoms with Gasteiger partial charge in [0.25, 0.3) is 0 Å². The zero-order valence-corrected chi connectivity index (χ0v) is 11.2. The largest absolute Gasteiger partial charge is 0.380 e. The molecule has 3 nitrogen and oxygen atoms in total. The maximum Gasteiger partial charge on any atom is 0.0593 e. The number of unbranched alkanes of at least 4 members (excludes halogenated alkanes) is 1. The van der Waals surface area contributed by atoms with E-state index in [0.717, 1.165) is 32.2 Å². The van der Waals surface area contributed by atoms with E-state index < -0.39 is 0 Å². The number of nitrogens with one attached hydrogen (secondary N) is 1. The third-order valence-corrected chi connectivity index (χ3v) is 3.29. The van der Waals surface area contributed by atoms with Crippen LogP contribution in [0.5, 0.6) is 0 Å². The summed E-state index contributed by atoms with van der Waals surface area (Å²) in [5.74, 6) is 0.726. The molecule has 1 aliphatic heterocycles. The molecule has 1 atom stereocenters. The molecule has 3 heteroatoms. The number of hydrogen-bond donors (Lipinski definition) is 1. The minimum Gasteiger partial charge on any atom is -0.380 e. The fourth-order valence-corrected chi connectivity index (χ4v) is 2.03. The molecule has 0 radical (unpaired) electrons. The summed E-state index contributed by atoms with van der Waals surface area (Å²) >= 11 is 0. The molecule has 1 aliphatic rings. The van der Waals surface area contributed by atoms with Gasteiger partial charge in [-0.15, -0.1) is 0 Å². The van der Waals surface area contributed by atoms with Crippen molar-refractivity contribution in [2.75, 3.05) is 39.4 Å². The van der Waals surface area contributed by atoms with Gasteiger partial charge in [0.1, 0.15) is 0 Å². The Morgan fingerprint density at radius 1 is 1.38 bits per heavy atom. The second-order valence-corrected chi connectivity index (χ2v) is 5.07. The average molecular weight is 228 g/mol. The van der Waals surface area contributed by atoms with Crippen LogP contribution in [-0.2, 0) is 4.74 Å². The van der Waals surface area contributed by atoms with E-state index in [1.54, 1.807) is 0 Å². The van der Waals surface area contributed by atoms with Gasteiger partial charge in [0, 0.05) is 38.8 Å². The average Bonchev–Trinajstić information content (AvgIpc) is 2.29. The molecule has 1 rings (SSSR count). The van der Waals surface area contributed by atoms with Crippen LogP contribution >= 0.6 is 0 Å².